The van der Waals surface area contributed by atoms with Crippen LogP contribution >= 0.6 is 0 Å². The van der Waals surface area contributed by atoms with Crippen LogP contribution in [0.4, 0.5) is 0 Å². The predicted octanol–water partition coefficient (Wildman–Crippen LogP) is 3.24. The van der Waals surface area contributed by atoms with Gasteiger partial charge >= 0.3 is 0 Å². The van der Waals surface area contributed by atoms with Gasteiger partial charge in [0.1, 0.15) is 5.84 Å². The van der Waals surface area contributed by atoms with Gasteiger partial charge in [-0.25, -0.2) is 0 Å². The monoisotopic (exact) mass is 311 g/mol. The van der Waals surface area contributed by atoms with Crippen LogP contribution in [0.1, 0.15) is 36.6 Å². The number of nitrogens with two attached hydrogens (primary N) is 1. The third-order valence-electron chi connectivity index (χ3n) is 4.02. The van der Waals surface area contributed by atoms with Gasteiger partial charge in [0.25, 0.3) is 0 Å². The van der Waals surface area contributed by atoms with Crippen molar-refractivity contribution in [2.24, 2.45) is 10.7 Å². The van der Waals surface area contributed by atoms with E-state index in [-0.39, 0.29) is 6.79 Å². The molecule has 1 aromatic carbocycles. The molecule has 0 unspecified atom stereocenters. The number of pyridine rings is 1. The summed E-state index contributed by atoms with van der Waals surface area (Å²) in [4.78, 5) is 8.85. The van der Waals surface area contributed by atoms with Crippen molar-refractivity contribution in [1.29, 1.82) is 0 Å². The molecule has 0 spiro atoms. The summed E-state index contributed by atoms with van der Waals surface area (Å²) < 4.78 is 10.8. The Kier molecular flexibility index (Phi) is 3.94. The maximum atomic E-state index is 6.07. The number of aliphatic imine (C=N–C) groups is 1. The molecule has 5 nitrogen and oxygen atoms in total. The zero-order valence-corrected chi connectivity index (χ0v) is 13.9. The van der Waals surface area contributed by atoms with Gasteiger partial charge in [0.05, 0.1) is 5.69 Å². The molecule has 0 fully saturated rings. The van der Waals surface area contributed by atoms with E-state index >= 15 is 0 Å². The van der Waals surface area contributed by atoms with Crippen LogP contribution in [0, 0.1) is 6.92 Å². The van der Waals surface area contributed by atoms with Crippen molar-refractivity contribution in [2.45, 2.75) is 26.7 Å². The molecule has 120 valence electrons. The second-order valence-corrected chi connectivity index (χ2v) is 5.89. The summed E-state index contributed by atoms with van der Waals surface area (Å²) >= 11 is 0. The van der Waals surface area contributed by atoms with Crippen molar-refractivity contribution < 1.29 is 9.47 Å². The van der Waals surface area contributed by atoms with Crippen molar-refractivity contribution in [1.82, 2.24) is 4.98 Å². The topological polar surface area (TPSA) is 69.7 Å². The minimum Gasteiger partial charge on any atom is -0.454 e. The highest BCUT2D eigenvalue weighted by Crippen LogP contribution is 2.36. The molecule has 0 saturated heterocycles. The zero-order valence-electron chi connectivity index (χ0n) is 13.9. The molecule has 5 heteroatoms. The van der Waals surface area contributed by atoms with Crippen LogP contribution in [0.15, 0.2) is 29.3 Å². The number of aryl methyl sites for hydroxylation is 1. The molecule has 0 bridgehead atoms. The van der Waals surface area contributed by atoms with Gasteiger partial charge in [0.15, 0.2) is 11.5 Å². The van der Waals surface area contributed by atoms with Crippen LogP contribution in [-0.4, -0.2) is 24.7 Å². The van der Waals surface area contributed by atoms with Gasteiger partial charge < -0.3 is 15.2 Å². The first kappa shape index (κ1) is 15.3. The van der Waals surface area contributed by atoms with Crippen molar-refractivity contribution in [3.8, 4) is 22.8 Å². The van der Waals surface area contributed by atoms with E-state index in [1.807, 2.05) is 25.1 Å². The van der Waals surface area contributed by atoms with Gasteiger partial charge in [-0.05, 0) is 42.7 Å². The Morgan fingerprint density at radius 2 is 1.96 bits per heavy atom. The summed E-state index contributed by atoms with van der Waals surface area (Å²) in [6.45, 7) is 6.52. The van der Waals surface area contributed by atoms with Crippen molar-refractivity contribution in [3.63, 3.8) is 0 Å². The molecule has 1 aromatic heterocycles. The molecule has 23 heavy (non-hydrogen) atoms. The summed E-state index contributed by atoms with van der Waals surface area (Å²) in [6, 6.07) is 7.96. The minimum absolute atomic E-state index is 0.269. The van der Waals surface area contributed by atoms with E-state index in [1.54, 1.807) is 7.05 Å². The molecule has 0 aliphatic carbocycles. The number of rotatable bonds is 3. The summed E-state index contributed by atoms with van der Waals surface area (Å²) in [6.07, 6.45) is 0. The summed E-state index contributed by atoms with van der Waals surface area (Å²) in [5.41, 5.74) is 10.9. The average molecular weight is 311 g/mol. The van der Waals surface area contributed by atoms with Crippen molar-refractivity contribution in [3.05, 3.63) is 41.1 Å². The SMILES string of the molecule is CN=C(N)c1c(C(C)C)cc(-c2ccc3c(c2)OCO3)nc1C. The number of fused-ring (bicyclic) bond motifs is 1. The normalized spacial score (nSPS) is 13.7. The Hall–Kier alpha value is -2.56. The van der Waals surface area contributed by atoms with E-state index in [0.717, 1.165) is 39.6 Å². The molecule has 0 amide bonds. The Morgan fingerprint density at radius 1 is 1.22 bits per heavy atom. The van der Waals surface area contributed by atoms with Crippen LogP contribution in [0.5, 0.6) is 11.5 Å². The highest BCUT2D eigenvalue weighted by Gasteiger charge is 2.18. The maximum Gasteiger partial charge on any atom is 0.231 e. The summed E-state index contributed by atoms with van der Waals surface area (Å²) in [7, 11) is 1.70. The minimum atomic E-state index is 0.269. The molecular formula is C18H21N3O2. The molecule has 2 N–H and O–H groups in total. The summed E-state index contributed by atoms with van der Waals surface area (Å²) in [5, 5.41) is 0. The van der Waals surface area contributed by atoms with Crippen LogP contribution in [0.25, 0.3) is 11.3 Å². The lowest BCUT2D eigenvalue weighted by molar-refractivity contribution is 0.174. The van der Waals surface area contributed by atoms with Gasteiger partial charge in [-0.1, -0.05) is 13.8 Å². The van der Waals surface area contributed by atoms with Crippen LogP contribution in [0.2, 0.25) is 0 Å². The highest BCUT2D eigenvalue weighted by molar-refractivity contribution is 6.00. The maximum absolute atomic E-state index is 6.07. The van der Waals surface area contributed by atoms with Gasteiger partial charge in [0.2, 0.25) is 6.79 Å². The number of nitrogens with zero attached hydrogens (tertiary/aromatic N) is 2. The van der Waals surface area contributed by atoms with Gasteiger partial charge in [0, 0.05) is 23.9 Å². The fourth-order valence-corrected chi connectivity index (χ4v) is 2.80. The average Bonchev–Trinajstić information content (AvgIpc) is 3.00. The van der Waals surface area contributed by atoms with Gasteiger partial charge in [-0.2, -0.15) is 0 Å². The zero-order chi connectivity index (χ0) is 16.6. The number of benzene rings is 1. The van der Waals surface area contributed by atoms with Crippen LogP contribution in [0.3, 0.4) is 0 Å². The highest BCUT2D eigenvalue weighted by atomic mass is 16.7. The number of ether oxygens (including phenoxy) is 2. The molecule has 2 aromatic rings. The lowest BCUT2D eigenvalue weighted by Gasteiger charge is -2.17. The third-order valence-corrected chi connectivity index (χ3v) is 4.02. The number of hydrogen-bond acceptors (Lipinski definition) is 4. The first-order valence-electron chi connectivity index (χ1n) is 7.65. The second-order valence-electron chi connectivity index (χ2n) is 5.89. The Morgan fingerprint density at radius 3 is 2.65 bits per heavy atom. The molecule has 2 heterocycles. The fourth-order valence-electron chi connectivity index (χ4n) is 2.80. The lowest BCUT2D eigenvalue weighted by atomic mass is 9.93. The predicted molar refractivity (Wildman–Crippen MR) is 91.3 cm³/mol. The molecule has 3 rings (SSSR count). The number of hydrogen-bond donors (Lipinski definition) is 1. The van der Waals surface area contributed by atoms with E-state index in [0.29, 0.717) is 11.8 Å². The molecule has 1 aliphatic heterocycles. The Balaban J connectivity index is 2.14. The van der Waals surface area contributed by atoms with Crippen molar-refractivity contribution in [2.75, 3.05) is 13.8 Å². The smallest absolute Gasteiger partial charge is 0.231 e. The Labute approximate surface area is 136 Å². The third kappa shape index (κ3) is 2.74. The van der Waals surface area contributed by atoms with Crippen LogP contribution in [-0.2, 0) is 0 Å². The lowest BCUT2D eigenvalue weighted by Crippen LogP contribution is -2.19. The van der Waals surface area contributed by atoms with E-state index in [2.05, 4.69) is 24.9 Å². The largest absolute Gasteiger partial charge is 0.454 e. The fraction of sp³-hybridized carbons (Fsp3) is 0.333. The van der Waals surface area contributed by atoms with E-state index in [4.69, 9.17) is 20.2 Å². The second kappa shape index (κ2) is 5.91. The quantitative estimate of drug-likeness (QED) is 0.698. The van der Waals surface area contributed by atoms with Crippen molar-refractivity contribution >= 4 is 5.84 Å². The number of aromatic nitrogens is 1. The van der Waals surface area contributed by atoms with Crippen LogP contribution < -0.4 is 15.2 Å². The molecule has 0 radical (unpaired) electrons. The molecule has 1 aliphatic rings. The van der Waals surface area contributed by atoms with Gasteiger partial charge in [-0.3, -0.25) is 9.98 Å². The standard InChI is InChI=1S/C18H21N3O2/c1-10(2)13-8-14(21-11(3)17(13)18(19)20-4)12-5-6-15-16(7-12)23-9-22-15/h5-8,10H,9H2,1-4H3,(H2,19,20). The first-order chi connectivity index (χ1) is 11.0. The Bertz CT molecular complexity index is 782. The molecule has 0 saturated carbocycles. The molecular weight excluding hydrogens is 290 g/mol. The van der Waals surface area contributed by atoms with E-state index in [1.165, 1.54) is 0 Å². The summed E-state index contributed by atoms with van der Waals surface area (Å²) in [5.74, 6) is 2.37. The molecule has 0 atom stereocenters. The van der Waals surface area contributed by atoms with Gasteiger partial charge in [-0.15, -0.1) is 0 Å². The van der Waals surface area contributed by atoms with E-state index in [9.17, 15) is 0 Å². The van der Waals surface area contributed by atoms with E-state index < -0.39 is 0 Å². The first-order valence-corrected chi connectivity index (χ1v) is 7.65. The number of amidine groups is 1.